The lowest BCUT2D eigenvalue weighted by molar-refractivity contribution is -0.116. The molecule has 0 saturated heterocycles. The molecule has 1 aliphatic heterocycles. The van der Waals surface area contributed by atoms with Crippen LogP contribution in [0.25, 0.3) is 6.08 Å². The van der Waals surface area contributed by atoms with Gasteiger partial charge in [0, 0.05) is 17.0 Å². The van der Waals surface area contributed by atoms with Crippen LogP contribution in [0.4, 0.5) is 0 Å². The Hall–Kier alpha value is -2.96. The lowest BCUT2D eigenvalue weighted by atomic mass is 9.86. The fourth-order valence-corrected chi connectivity index (χ4v) is 5.27. The number of rotatable bonds is 3. The Kier molecular flexibility index (Phi) is 5.12. The third-order valence-corrected chi connectivity index (χ3v) is 6.86. The van der Waals surface area contributed by atoms with Crippen molar-refractivity contribution in [1.82, 2.24) is 4.57 Å². The lowest BCUT2D eigenvalue weighted by Gasteiger charge is -2.28. The number of ether oxygens (including phenoxy) is 1. The summed E-state index contributed by atoms with van der Waals surface area (Å²) in [6, 6.07) is 14.4. The molecule has 5 nitrogen and oxygen atoms in total. The Morgan fingerprint density at radius 2 is 1.84 bits per heavy atom. The summed E-state index contributed by atoms with van der Waals surface area (Å²) in [7, 11) is 1.62. The molecule has 0 N–H and O–H groups in total. The summed E-state index contributed by atoms with van der Waals surface area (Å²) in [5.41, 5.74) is 3.04. The molecule has 1 unspecified atom stereocenters. The Bertz CT molecular complexity index is 1380. The first-order valence-electron chi connectivity index (χ1n) is 10.0. The first-order chi connectivity index (χ1) is 15.0. The maximum absolute atomic E-state index is 13.5. The number of fused-ring (bicyclic) bond motifs is 1. The molecule has 0 bridgehead atoms. The SMILES string of the molecule is COc1ccc(C=c2sc3n(c2=O)C(c2ccc(Cl)cc2)C2=C(CCCC2=O)N=3)cc1. The van der Waals surface area contributed by atoms with Gasteiger partial charge in [-0.25, -0.2) is 4.99 Å². The molecule has 1 aliphatic carbocycles. The predicted molar refractivity (Wildman–Crippen MR) is 121 cm³/mol. The van der Waals surface area contributed by atoms with Crippen molar-refractivity contribution in [1.29, 1.82) is 0 Å². The van der Waals surface area contributed by atoms with Crippen LogP contribution in [0.2, 0.25) is 5.02 Å². The molecule has 3 aromatic rings. The zero-order valence-corrected chi connectivity index (χ0v) is 18.4. The van der Waals surface area contributed by atoms with Gasteiger partial charge in [-0.1, -0.05) is 47.2 Å². The molecule has 0 saturated carbocycles. The van der Waals surface area contributed by atoms with E-state index < -0.39 is 6.04 Å². The molecule has 0 radical (unpaired) electrons. The number of aromatic nitrogens is 1. The summed E-state index contributed by atoms with van der Waals surface area (Å²) < 4.78 is 7.44. The normalized spacial score (nSPS) is 18.5. The molecule has 1 aromatic heterocycles. The van der Waals surface area contributed by atoms with Gasteiger partial charge in [0.2, 0.25) is 0 Å². The van der Waals surface area contributed by atoms with E-state index in [1.54, 1.807) is 23.8 Å². The van der Waals surface area contributed by atoms with Gasteiger partial charge in [-0.15, -0.1) is 0 Å². The van der Waals surface area contributed by atoms with E-state index in [2.05, 4.69) is 0 Å². The molecular weight excluding hydrogens is 432 g/mol. The van der Waals surface area contributed by atoms with Crippen molar-refractivity contribution < 1.29 is 9.53 Å². The summed E-state index contributed by atoms with van der Waals surface area (Å²) in [6.45, 7) is 0. The van der Waals surface area contributed by atoms with Gasteiger partial charge in [0.1, 0.15) is 5.75 Å². The Morgan fingerprint density at radius 1 is 1.10 bits per heavy atom. The van der Waals surface area contributed by atoms with Gasteiger partial charge in [-0.3, -0.25) is 14.2 Å². The van der Waals surface area contributed by atoms with E-state index >= 15 is 0 Å². The first-order valence-corrected chi connectivity index (χ1v) is 11.2. The third kappa shape index (κ3) is 3.56. The van der Waals surface area contributed by atoms with Crippen molar-refractivity contribution >= 4 is 34.8 Å². The second-order valence-corrected chi connectivity index (χ2v) is 8.99. The average Bonchev–Trinajstić information content (AvgIpc) is 3.08. The van der Waals surface area contributed by atoms with Gasteiger partial charge >= 0.3 is 0 Å². The summed E-state index contributed by atoms with van der Waals surface area (Å²) in [5.74, 6) is 0.821. The second-order valence-electron chi connectivity index (χ2n) is 7.54. The molecule has 0 amide bonds. The maximum Gasteiger partial charge on any atom is 0.271 e. The van der Waals surface area contributed by atoms with Crippen molar-refractivity contribution in [2.24, 2.45) is 4.99 Å². The fourth-order valence-electron chi connectivity index (χ4n) is 4.12. The molecule has 156 valence electrons. The quantitative estimate of drug-likeness (QED) is 0.612. The Morgan fingerprint density at radius 3 is 2.55 bits per heavy atom. The number of carbonyl (C=O) groups is 1. The van der Waals surface area contributed by atoms with Crippen molar-refractivity contribution in [3.05, 3.63) is 95.6 Å². The number of benzene rings is 2. The standard InChI is InChI=1S/C24H19ClN2O3S/c1-30-17-11-5-14(6-12-17)13-20-23(29)27-22(15-7-9-16(25)10-8-15)21-18(26-24(27)31-20)3-2-4-19(21)28/h5-13,22H,2-4H2,1H3. The number of thiazole rings is 1. The number of methoxy groups -OCH3 is 1. The molecular formula is C24H19ClN2O3S. The molecule has 2 heterocycles. The highest BCUT2D eigenvalue weighted by molar-refractivity contribution is 7.07. The monoisotopic (exact) mass is 450 g/mol. The number of halogens is 1. The van der Waals surface area contributed by atoms with E-state index in [0.717, 1.165) is 35.4 Å². The van der Waals surface area contributed by atoms with Crippen LogP contribution in [-0.4, -0.2) is 17.5 Å². The number of allylic oxidation sites excluding steroid dienone is 2. The van der Waals surface area contributed by atoms with Crippen molar-refractivity contribution in [3.63, 3.8) is 0 Å². The number of hydrogen-bond acceptors (Lipinski definition) is 5. The Labute approximate surface area is 187 Å². The lowest BCUT2D eigenvalue weighted by Crippen LogP contribution is -2.40. The van der Waals surface area contributed by atoms with Crippen molar-refractivity contribution in [2.75, 3.05) is 7.11 Å². The summed E-state index contributed by atoms with van der Waals surface area (Å²) in [6.07, 6.45) is 3.87. The summed E-state index contributed by atoms with van der Waals surface area (Å²) >= 11 is 7.44. The van der Waals surface area contributed by atoms with Crippen LogP contribution in [0, 0.1) is 0 Å². The van der Waals surface area contributed by atoms with Crippen LogP contribution in [0.5, 0.6) is 5.75 Å². The third-order valence-electron chi connectivity index (χ3n) is 5.63. The molecule has 1 atom stereocenters. The number of nitrogens with zero attached hydrogens (tertiary/aromatic N) is 2. The van der Waals surface area contributed by atoms with Gasteiger partial charge in [0.15, 0.2) is 10.6 Å². The highest BCUT2D eigenvalue weighted by Crippen LogP contribution is 2.36. The molecule has 5 rings (SSSR count). The van der Waals surface area contributed by atoms with Gasteiger partial charge in [0.05, 0.1) is 23.4 Å². The van der Waals surface area contributed by atoms with Crippen LogP contribution in [0.15, 0.2) is 69.6 Å². The molecule has 0 spiro atoms. The summed E-state index contributed by atoms with van der Waals surface area (Å²) in [4.78, 5) is 31.7. The van der Waals surface area contributed by atoms with Crippen LogP contribution < -0.4 is 19.6 Å². The van der Waals surface area contributed by atoms with Gasteiger partial charge in [-0.05, 0) is 54.3 Å². The average molecular weight is 451 g/mol. The van der Waals surface area contributed by atoms with Crippen LogP contribution in [-0.2, 0) is 4.79 Å². The molecule has 0 fully saturated rings. The van der Waals surface area contributed by atoms with Crippen molar-refractivity contribution in [3.8, 4) is 5.75 Å². The van der Waals surface area contributed by atoms with E-state index in [9.17, 15) is 9.59 Å². The van der Waals surface area contributed by atoms with E-state index in [4.69, 9.17) is 21.3 Å². The molecule has 2 aliphatic rings. The highest BCUT2D eigenvalue weighted by atomic mass is 35.5. The van der Waals surface area contributed by atoms with E-state index in [1.165, 1.54) is 11.3 Å². The van der Waals surface area contributed by atoms with Crippen molar-refractivity contribution in [2.45, 2.75) is 25.3 Å². The van der Waals surface area contributed by atoms with E-state index in [1.807, 2.05) is 42.5 Å². The number of hydrogen-bond donors (Lipinski definition) is 0. The van der Waals surface area contributed by atoms with Gasteiger partial charge in [0.25, 0.3) is 5.56 Å². The molecule has 31 heavy (non-hydrogen) atoms. The first kappa shape index (κ1) is 20.0. The highest BCUT2D eigenvalue weighted by Gasteiger charge is 2.34. The minimum atomic E-state index is -0.477. The number of Topliss-reactive ketones (excluding diaryl/α,β-unsaturated/α-hetero) is 1. The number of carbonyl (C=O) groups excluding carboxylic acids is 1. The maximum atomic E-state index is 13.5. The van der Waals surface area contributed by atoms with Crippen LogP contribution >= 0.6 is 22.9 Å². The largest absolute Gasteiger partial charge is 0.497 e. The van der Waals surface area contributed by atoms with Crippen LogP contribution in [0.1, 0.15) is 36.4 Å². The minimum Gasteiger partial charge on any atom is -0.497 e. The smallest absolute Gasteiger partial charge is 0.271 e. The van der Waals surface area contributed by atoms with Gasteiger partial charge < -0.3 is 4.74 Å². The topological polar surface area (TPSA) is 60.7 Å². The Balaban J connectivity index is 1.72. The molecule has 7 heteroatoms. The fraction of sp³-hybridized carbons (Fsp3) is 0.208. The second kappa shape index (κ2) is 7.94. The van der Waals surface area contributed by atoms with E-state index in [0.29, 0.717) is 26.4 Å². The minimum absolute atomic E-state index is 0.0642. The van der Waals surface area contributed by atoms with E-state index in [-0.39, 0.29) is 11.3 Å². The zero-order chi connectivity index (χ0) is 21.5. The molecule has 2 aromatic carbocycles. The van der Waals surface area contributed by atoms with Gasteiger partial charge in [-0.2, -0.15) is 0 Å². The predicted octanol–water partition coefficient (Wildman–Crippen LogP) is 3.63. The van der Waals surface area contributed by atoms with Crippen LogP contribution in [0.3, 0.4) is 0 Å². The number of ketones is 1. The zero-order valence-electron chi connectivity index (χ0n) is 16.8. The summed E-state index contributed by atoms with van der Waals surface area (Å²) in [5, 5.41) is 0.611.